The molecular formula is C20H22O5. The summed E-state index contributed by atoms with van der Waals surface area (Å²) in [7, 11) is 3.15. The molecule has 5 heteroatoms. The molecule has 0 aliphatic heterocycles. The molecular weight excluding hydrogens is 320 g/mol. The minimum Gasteiger partial charge on any atom is -0.497 e. The first kappa shape index (κ1) is 18.4. The second-order valence-corrected chi connectivity index (χ2v) is 5.27. The molecule has 2 rings (SSSR count). The molecule has 0 saturated carbocycles. The molecule has 0 atom stereocenters. The molecule has 0 bridgehead atoms. The van der Waals surface area contributed by atoms with Crippen LogP contribution in [0, 0.1) is 6.92 Å². The van der Waals surface area contributed by atoms with Crippen molar-refractivity contribution < 1.29 is 23.7 Å². The SMILES string of the molecule is COc1ccc(/C=C/C(=O)OCCOc2ccc(C)cc2)c(OC)c1. The highest BCUT2D eigenvalue weighted by Gasteiger charge is 2.04. The van der Waals surface area contributed by atoms with Gasteiger partial charge in [-0.05, 0) is 37.3 Å². The minimum absolute atomic E-state index is 0.177. The Morgan fingerprint density at radius 2 is 1.68 bits per heavy atom. The number of rotatable bonds is 8. The zero-order valence-corrected chi connectivity index (χ0v) is 14.7. The first-order valence-corrected chi connectivity index (χ1v) is 7.88. The number of ether oxygens (including phenoxy) is 4. The van der Waals surface area contributed by atoms with E-state index in [1.54, 1.807) is 32.4 Å². The molecule has 0 spiro atoms. The summed E-state index contributed by atoms with van der Waals surface area (Å²) in [6, 6.07) is 13.0. The van der Waals surface area contributed by atoms with E-state index < -0.39 is 5.97 Å². The quantitative estimate of drug-likeness (QED) is 0.416. The second kappa shape index (κ2) is 9.37. The topological polar surface area (TPSA) is 54.0 Å². The van der Waals surface area contributed by atoms with Gasteiger partial charge in [0.1, 0.15) is 30.5 Å². The molecule has 25 heavy (non-hydrogen) atoms. The smallest absolute Gasteiger partial charge is 0.330 e. The lowest BCUT2D eigenvalue weighted by atomic mass is 10.2. The molecule has 132 valence electrons. The van der Waals surface area contributed by atoms with Crippen molar-refractivity contribution in [2.45, 2.75) is 6.92 Å². The number of carbonyl (C=O) groups excluding carboxylic acids is 1. The summed E-state index contributed by atoms with van der Waals surface area (Å²) < 4.78 is 21.0. The molecule has 2 aromatic carbocycles. The summed E-state index contributed by atoms with van der Waals surface area (Å²) in [6.45, 7) is 2.49. The number of aryl methyl sites for hydroxylation is 1. The first-order chi connectivity index (χ1) is 12.1. The zero-order chi connectivity index (χ0) is 18.1. The molecule has 0 unspecified atom stereocenters. The first-order valence-electron chi connectivity index (χ1n) is 7.88. The molecule has 0 saturated heterocycles. The summed E-state index contributed by atoms with van der Waals surface area (Å²) in [4.78, 5) is 11.8. The summed E-state index contributed by atoms with van der Waals surface area (Å²) in [6.07, 6.45) is 3.00. The van der Waals surface area contributed by atoms with E-state index in [2.05, 4.69) is 0 Å². The third-order valence-corrected chi connectivity index (χ3v) is 3.46. The van der Waals surface area contributed by atoms with Crippen LogP contribution in [-0.4, -0.2) is 33.4 Å². The van der Waals surface area contributed by atoms with Gasteiger partial charge in [-0.3, -0.25) is 0 Å². The summed E-state index contributed by atoms with van der Waals surface area (Å²) in [5.41, 5.74) is 1.93. The maximum atomic E-state index is 11.8. The van der Waals surface area contributed by atoms with Crippen LogP contribution in [0.1, 0.15) is 11.1 Å². The lowest BCUT2D eigenvalue weighted by Gasteiger charge is -2.08. The van der Waals surface area contributed by atoms with E-state index >= 15 is 0 Å². The molecule has 0 N–H and O–H groups in total. The molecule has 5 nitrogen and oxygen atoms in total. The standard InChI is InChI=1S/C20H22O5/c1-15-4-8-17(9-5-15)24-12-13-25-20(21)11-7-16-6-10-18(22-2)14-19(16)23-3/h4-11,14H,12-13H2,1-3H3/b11-7+. The van der Waals surface area contributed by atoms with Gasteiger partial charge in [0.2, 0.25) is 0 Å². The Bertz CT molecular complexity index is 719. The molecule has 0 aliphatic carbocycles. The van der Waals surface area contributed by atoms with Gasteiger partial charge < -0.3 is 18.9 Å². The second-order valence-electron chi connectivity index (χ2n) is 5.27. The normalized spacial score (nSPS) is 10.5. The summed E-state index contributed by atoms with van der Waals surface area (Å²) in [5.74, 6) is 1.61. The van der Waals surface area contributed by atoms with Crippen molar-refractivity contribution in [1.82, 2.24) is 0 Å². The average Bonchev–Trinajstić information content (AvgIpc) is 2.64. The Balaban J connectivity index is 1.79. The monoisotopic (exact) mass is 342 g/mol. The van der Waals surface area contributed by atoms with Crippen molar-refractivity contribution in [2.24, 2.45) is 0 Å². The fourth-order valence-electron chi connectivity index (χ4n) is 2.10. The van der Waals surface area contributed by atoms with Gasteiger partial charge in [0, 0.05) is 17.7 Å². The predicted octanol–water partition coefficient (Wildman–Crippen LogP) is 3.65. The van der Waals surface area contributed by atoms with E-state index in [1.807, 2.05) is 37.3 Å². The largest absolute Gasteiger partial charge is 0.497 e. The zero-order valence-electron chi connectivity index (χ0n) is 14.7. The average molecular weight is 342 g/mol. The van der Waals surface area contributed by atoms with Crippen LogP contribution < -0.4 is 14.2 Å². The maximum absolute atomic E-state index is 11.8. The lowest BCUT2D eigenvalue weighted by molar-refractivity contribution is -0.138. The van der Waals surface area contributed by atoms with Crippen molar-refractivity contribution in [3.63, 3.8) is 0 Å². The van der Waals surface area contributed by atoms with Crippen molar-refractivity contribution in [3.8, 4) is 17.2 Å². The molecule has 0 aromatic heterocycles. The lowest BCUT2D eigenvalue weighted by Crippen LogP contribution is -2.10. The number of benzene rings is 2. The van der Waals surface area contributed by atoms with Crippen LogP contribution in [-0.2, 0) is 9.53 Å². The van der Waals surface area contributed by atoms with Gasteiger partial charge in [-0.1, -0.05) is 17.7 Å². The predicted molar refractivity (Wildman–Crippen MR) is 96.2 cm³/mol. The van der Waals surface area contributed by atoms with Crippen LogP contribution in [0.5, 0.6) is 17.2 Å². The number of methoxy groups -OCH3 is 2. The third kappa shape index (κ3) is 5.88. The number of esters is 1. The van der Waals surface area contributed by atoms with E-state index in [1.165, 1.54) is 6.08 Å². The highest BCUT2D eigenvalue weighted by atomic mass is 16.6. The number of hydrogen-bond donors (Lipinski definition) is 0. The molecule has 0 aliphatic rings. The highest BCUT2D eigenvalue weighted by molar-refractivity contribution is 5.87. The van der Waals surface area contributed by atoms with E-state index in [-0.39, 0.29) is 6.61 Å². The van der Waals surface area contributed by atoms with Crippen molar-refractivity contribution >= 4 is 12.0 Å². The van der Waals surface area contributed by atoms with Gasteiger partial charge in [0.15, 0.2) is 0 Å². The highest BCUT2D eigenvalue weighted by Crippen LogP contribution is 2.25. The maximum Gasteiger partial charge on any atom is 0.330 e. The van der Waals surface area contributed by atoms with E-state index in [9.17, 15) is 4.79 Å². The van der Waals surface area contributed by atoms with Crippen LogP contribution in [0.15, 0.2) is 48.5 Å². The van der Waals surface area contributed by atoms with Crippen molar-refractivity contribution in [3.05, 3.63) is 59.7 Å². The van der Waals surface area contributed by atoms with E-state index in [0.717, 1.165) is 16.9 Å². The minimum atomic E-state index is -0.439. The Kier molecular flexibility index (Phi) is 6.89. The third-order valence-electron chi connectivity index (χ3n) is 3.46. The van der Waals surface area contributed by atoms with Gasteiger partial charge in [-0.2, -0.15) is 0 Å². The van der Waals surface area contributed by atoms with E-state index in [0.29, 0.717) is 18.1 Å². The number of hydrogen-bond acceptors (Lipinski definition) is 5. The molecule has 0 radical (unpaired) electrons. The molecule has 0 fully saturated rings. The number of carbonyl (C=O) groups is 1. The Labute approximate surface area is 147 Å². The van der Waals surface area contributed by atoms with Crippen molar-refractivity contribution in [2.75, 3.05) is 27.4 Å². The van der Waals surface area contributed by atoms with Gasteiger partial charge in [-0.15, -0.1) is 0 Å². The summed E-state index contributed by atoms with van der Waals surface area (Å²) >= 11 is 0. The van der Waals surface area contributed by atoms with E-state index in [4.69, 9.17) is 18.9 Å². The van der Waals surface area contributed by atoms with Crippen LogP contribution >= 0.6 is 0 Å². The van der Waals surface area contributed by atoms with Gasteiger partial charge >= 0.3 is 5.97 Å². The fraction of sp³-hybridized carbons (Fsp3) is 0.250. The fourth-order valence-corrected chi connectivity index (χ4v) is 2.10. The Hall–Kier alpha value is -2.95. The van der Waals surface area contributed by atoms with Gasteiger partial charge in [-0.25, -0.2) is 4.79 Å². The molecule has 0 heterocycles. The molecule has 0 amide bonds. The van der Waals surface area contributed by atoms with Gasteiger partial charge in [0.25, 0.3) is 0 Å². The van der Waals surface area contributed by atoms with Crippen LogP contribution in [0.4, 0.5) is 0 Å². The van der Waals surface area contributed by atoms with Crippen molar-refractivity contribution in [1.29, 1.82) is 0 Å². The van der Waals surface area contributed by atoms with Crippen LogP contribution in [0.3, 0.4) is 0 Å². The summed E-state index contributed by atoms with van der Waals surface area (Å²) in [5, 5.41) is 0. The molecule has 2 aromatic rings. The van der Waals surface area contributed by atoms with Crippen LogP contribution in [0.25, 0.3) is 6.08 Å². The Morgan fingerprint density at radius 1 is 0.960 bits per heavy atom. The van der Waals surface area contributed by atoms with Crippen LogP contribution in [0.2, 0.25) is 0 Å². The Morgan fingerprint density at radius 3 is 2.36 bits per heavy atom. The van der Waals surface area contributed by atoms with Gasteiger partial charge in [0.05, 0.1) is 14.2 Å².